The molecule has 0 radical (unpaired) electrons. The fourth-order valence-corrected chi connectivity index (χ4v) is 3.56. The van der Waals surface area contributed by atoms with Crippen LogP contribution in [0.25, 0.3) is 33.5 Å². The minimum absolute atomic E-state index is 0.727. The zero-order valence-electron chi connectivity index (χ0n) is 14.9. The van der Waals surface area contributed by atoms with E-state index in [1.165, 1.54) is 5.69 Å². The van der Waals surface area contributed by atoms with Crippen LogP contribution in [0.3, 0.4) is 0 Å². The number of aromatic amines is 1. The third-order valence-electron chi connectivity index (χ3n) is 5.03. The topological polar surface area (TPSA) is 69.7 Å². The highest BCUT2D eigenvalue weighted by Crippen LogP contribution is 2.29. The summed E-state index contributed by atoms with van der Waals surface area (Å²) in [5.74, 6) is 0. The minimum Gasteiger partial charge on any atom is -0.369 e. The van der Waals surface area contributed by atoms with Crippen LogP contribution in [0, 0.1) is 0 Å². The second-order valence-electron chi connectivity index (χ2n) is 6.69. The molecule has 4 heterocycles. The van der Waals surface area contributed by atoms with Crippen LogP contribution in [0.15, 0.2) is 60.9 Å². The number of nitrogens with one attached hydrogen (secondary N) is 2. The van der Waals surface area contributed by atoms with Crippen LogP contribution in [0.1, 0.15) is 0 Å². The molecule has 0 aliphatic carbocycles. The Kier molecular flexibility index (Phi) is 4.03. The zero-order chi connectivity index (χ0) is 18.1. The monoisotopic (exact) mass is 356 g/mol. The summed E-state index contributed by atoms with van der Waals surface area (Å²) in [5, 5.41) is 12.0. The average Bonchev–Trinajstić information content (AvgIpc) is 3.18. The van der Waals surface area contributed by atoms with Gasteiger partial charge >= 0.3 is 0 Å². The SMILES string of the molecule is c1cc(-c2ccc3c(-c4ccc(N5CCNCC5)cc4)[nH]nc3n2)ccn1. The Balaban J connectivity index is 1.46. The quantitative estimate of drug-likeness (QED) is 0.590. The summed E-state index contributed by atoms with van der Waals surface area (Å²) >= 11 is 0. The summed E-state index contributed by atoms with van der Waals surface area (Å²) in [6.45, 7) is 4.18. The first-order chi connectivity index (χ1) is 13.4. The van der Waals surface area contributed by atoms with Crippen molar-refractivity contribution in [2.45, 2.75) is 0 Å². The maximum absolute atomic E-state index is 4.70. The van der Waals surface area contributed by atoms with Crippen molar-refractivity contribution >= 4 is 16.7 Å². The molecule has 1 fully saturated rings. The number of fused-ring (bicyclic) bond motifs is 1. The largest absolute Gasteiger partial charge is 0.369 e. The van der Waals surface area contributed by atoms with Gasteiger partial charge in [-0.05, 0) is 36.4 Å². The predicted molar refractivity (Wildman–Crippen MR) is 108 cm³/mol. The number of piperazine rings is 1. The number of hydrogen-bond acceptors (Lipinski definition) is 5. The summed E-state index contributed by atoms with van der Waals surface area (Å²) in [6.07, 6.45) is 3.55. The molecule has 1 aromatic carbocycles. The van der Waals surface area contributed by atoms with Crippen LogP contribution in [0.2, 0.25) is 0 Å². The van der Waals surface area contributed by atoms with Crippen molar-refractivity contribution in [1.29, 1.82) is 0 Å². The van der Waals surface area contributed by atoms with E-state index >= 15 is 0 Å². The van der Waals surface area contributed by atoms with Crippen molar-refractivity contribution in [2.75, 3.05) is 31.1 Å². The second kappa shape index (κ2) is 6.81. The summed E-state index contributed by atoms with van der Waals surface area (Å²) < 4.78 is 0. The van der Waals surface area contributed by atoms with Crippen LogP contribution in [0.4, 0.5) is 5.69 Å². The summed E-state index contributed by atoms with van der Waals surface area (Å²) in [5.41, 5.74) is 6.06. The molecule has 5 rings (SSSR count). The number of pyridine rings is 2. The third-order valence-corrected chi connectivity index (χ3v) is 5.03. The molecular formula is C21H20N6. The second-order valence-corrected chi connectivity index (χ2v) is 6.69. The highest BCUT2D eigenvalue weighted by Gasteiger charge is 2.13. The van der Waals surface area contributed by atoms with E-state index in [-0.39, 0.29) is 0 Å². The highest BCUT2D eigenvalue weighted by atomic mass is 15.2. The predicted octanol–water partition coefficient (Wildman–Crippen LogP) is 3.10. The Bertz CT molecular complexity index is 1050. The molecule has 27 heavy (non-hydrogen) atoms. The zero-order valence-corrected chi connectivity index (χ0v) is 14.9. The van der Waals surface area contributed by atoms with Gasteiger partial charge in [0.25, 0.3) is 0 Å². The van der Waals surface area contributed by atoms with Gasteiger partial charge in [-0.3, -0.25) is 10.1 Å². The maximum atomic E-state index is 4.70. The number of aromatic nitrogens is 4. The van der Waals surface area contributed by atoms with Gasteiger partial charge in [-0.25, -0.2) is 4.98 Å². The molecule has 1 aliphatic heterocycles. The molecule has 0 saturated carbocycles. The summed E-state index contributed by atoms with van der Waals surface area (Å²) in [6, 6.07) is 16.7. The lowest BCUT2D eigenvalue weighted by atomic mass is 10.1. The fourth-order valence-electron chi connectivity index (χ4n) is 3.56. The molecule has 0 amide bonds. The smallest absolute Gasteiger partial charge is 0.182 e. The molecule has 134 valence electrons. The van der Waals surface area contributed by atoms with E-state index in [2.05, 4.69) is 55.7 Å². The Morgan fingerprint density at radius 3 is 2.37 bits per heavy atom. The lowest BCUT2D eigenvalue weighted by Gasteiger charge is -2.29. The van der Waals surface area contributed by atoms with Crippen molar-refractivity contribution in [1.82, 2.24) is 25.5 Å². The van der Waals surface area contributed by atoms with Crippen molar-refractivity contribution in [3.8, 4) is 22.5 Å². The maximum Gasteiger partial charge on any atom is 0.182 e. The van der Waals surface area contributed by atoms with Gasteiger partial charge in [0.2, 0.25) is 0 Å². The van der Waals surface area contributed by atoms with Gasteiger partial charge in [0.05, 0.1) is 11.4 Å². The molecule has 4 aromatic rings. The van der Waals surface area contributed by atoms with Crippen molar-refractivity contribution < 1.29 is 0 Å². The standard InChI is InChI=1S/C21H20N6/c1-3-17(27-13-11-23-12-14-27)4-2-16(1)20-18-5-6-19(24-21(18)26-25-20)15-7-9-22-10-8-15/h1-10,23H,11-14H2,(H,24,25,26). The first-order valence-corrected chi connectivity index (χ1v) is 9.20. The average molecular weight is 356 g/mol. The van der Waals surface area contributed by atoms with Crippen molar-refractivity contribution in [2.24, 2.45) is 0 Å². The number of H-pyrrole nitrogens is 1. The van der Waals surface area contributed by atoms with E-state index in [0.29, 0.717) is 0 Å². The number of rotatable bonds is 3. The molecule has 6 heteroatoms. The molecule has 6 nitrogen and oxygen atoms in total. The van der Waals surface area contributed by atoms with Crippen LogP contribution < -0.4 is 10.2 Å². The number of hydrogen-bond donors (Lipinski definition) is 2. The Labute approximate surface area is 157 Å². The molecule has 3 aromatic heterocycles. The first kappa shape index (κ1) is 16.0. The number of nitrogens with zero attached hydrogens (tertiary/aromatic N) is 4. The molecule has 1 aliphatic rings. The minimum atomic E-state index is 0.727. The van der Waals surface area contributed by atoms with Crippen LogP contribution in [0.5, 0.6) is 0 Å². The fraction of sp³-hybridized carbons (Fsp3) is 0.190. The van der Waals surface area contributed by atoms with E-state index in [1.807, 2.05) is 18.2 Å². The van der Waals surface area contributed by atoms with Gasteiger partial charge in [-0.2, -0.15) is 5.10 Å². The van der Waals surface area contributed by atoms with Gasteiger partial charge in [0.1, 0.15) is 0 Å². The van der Waals surface area contributed by atoms with Gasteiger partial charge in [-0.15, -0.1) is 0 Å². The van der Waals surface area contributed by atoms with Crippen LogP contribution in [-0.4, -0.2) is 46.3 Å². The molecule has 2 N–H and O–H groups in total. The first-order valence-electron chi connectivity index (χ1n) is 9.20. The van der Waals surface area contributed by atoms with Gasteiger partial charge in [0, 0.05) is 60.8 Å². The highest BCUT2D eigenvalue weighted by molar-refractivity contribution is 5.92. The van der Waals surface area contributed by atoms with E-state index in [1.54, 1.807) is 12.4 Å². The van der Waals surface area contributed by atoms with E-state index in [4.69, 9.17) is 4.98 Å². The summed E-state index contributed by atoms with van der Waals surface area (Å²) in [4.78, 5) is 11.2. The Morgan fingerprint density at radius 2 is 1.59 bits per heavy atom. The lowest BCUT2D eigenvalue weighted by Crippen LogP contribution is -2.43. The molecular weight excluding hydrogens is 336 g/mol. The molecule has 0 bridgehead atoms. The Hall–Kier alpha value is -3.25. The van der Waals surface area contributed by atoms with Crippen molar-refractivity contribution in [3.05, 3.63) is 60.9 Å². The Morgan fingerprint density at radius 1 is 0.815 bits per heavy atom. The van der Waals surface area contributed by atoms with E-state index in [9.17, 15) is 0 Å². The lowest BCUT2D eigenvalue weighted by molar-refractivity contribution is 0.589. The summed E-state index contributed by atoms with van der Waals surface area (Å²) in [7, 11) is 0. The van der Waals surface area contributed by atoms with Gasteiger partial charge in [0.15, 0.2) is 5.65 Å². The van der Waals surface area contributed by atoms with Gasteiger partial charge in [-0.1, -0.05) is 12.1 Å². The number of benzene rings is 1. The molecule has 0 atom stereocenters. The van der Waals surface area contributed by atoms with E-state index in [0.717, 1.165) is 59.7 Å². The van der Waals surface area contributed by atoms with Gasteiger partial charge < -0.3 is 10.2 Å². The third kappa shape index (κ3) is 3.04. The number of anilines is 1. The van der Waals surface area contributed by atoms with Crippen molar-refractivity contribution in [3.63, 3.8) is 0 Å². The molecule has 0 unspecified atom stereocenters. The van der Waals surface area contributed by atoms with E-state index < -0.39 is 0 Å². The normalized spacial score (nSPS) is 14.6. The van der Waals surface area contributed by atoms with Crippen LogP contribution in [-0.2, 0) is 0 Å². The van der Waals surface area contributed by atoms with Crippen LogP contribution >= 0.6 is 0 Å². The molecule has 1 saturated heterocycles. The molecule has 0 spiro atoms.